The number of esters is 1. The second-order valence-electron chi connectivity index (χ2n) is 10.1. The van der Waals surface area contributed by atoms with Crippen LogP contribution in [-0.4, -0.2) is 43.4 Å². The van der Waals surface area contributed by atoms with E-state index in [0.717, 1.165) is 40.1 Å². The van der Waals surface area contributed by atoms with Gasteiger partial charge in [0.15, 0.2) is 0 Å². The molecule has 0 aromatic heterocycles. The third kappa shape index (κ3) is 4.69. The van der Waals surface area contributed by atoms with Crippen LogP contribution in [0.4, 0.5) is 14.9 Å². The van der Waals surface area contributed by atoms with Crippen molar-refractivity contribution >= 4 is 23.5 Å². The number of aliphatic imine (C=N–C) groups is 1. The summed E-state index contributed by atoms with van der Waals surface area (Å²) < 4.78 is 24.2. The molecular formula is C31H31FN2O4. The summed E-state index contributed by atoms with van der Waals surface area (Å²) >= 11 is 0. The number of aryl methyl sites for hydroxylation is 1. The number of rotatable bonds is 5. The average Bonchev–Trinajstić information content (AvgIpc) is 3.34. The van der Waals surface area contributed by atoms with Crippen molar-refractivity contribution in [2.24, 2.45) is 10.9 Å². The fourth-order valence-corrected chi connectivity index (χ4v) is 5.61. The van der Waals surface area contributed by atoms with Gasteiger partial charge in [0.2, 0.25) is 0 Å². The summed E-state index contributed by atoms with van der Waals surface area (Å²) in [7, 11) is 2.76. The number of halogens is 1. The SMILES string of the molecule is COC(=O)c1ccc(C2=Nc3c(ccc4c3CN(C(=O)OC)CC4)C2C(C)Cc2ccc(C)c(F)c2)cc1. The Morgan fingerprint density at radius 2 is 1.84 bits per heavy atom. The lowest BCUT2D eigenvalue weighted by molar-refractivity contribution is 0.0600. The number of methoxy groups -OCH3 is 2. The zero-order valence-corrected chi connectivity index (χ0v) is 22.1. The smallest absolute Gasteiger partial charge is 0.409 e. The van der Waals surface area contributed by atoms with Gasteiger partial charge in [-0.25, -0.2) is 14.0 Å². The Morgan fingerprint density at radius 1 is 1.08 bits per heavy atom. The fraction of sp³-hybridized carbons (Fsp3) is 0.323. The number of nitrogens with zero attached hydrogens (tertiary/aromatic N) is 2. The van der Waals surface area contributed by atoms with Gasteiger partial charge in [-0.05, 0) is 71.7 Å². The number of hydrogen-bond acceptors (Lipinski definition) is 5. The van der Waals surface area contributed by atoms with Crippen molar-refractivity contribution in [2.75, 3.05) is 20.8 Å². The Bertz CT molecular complexity index is 1430. The number of benzene rings is 3. The number of ether oxygens (including phenoxy) is 2. The topological polar surface area (TPSA) is 68.2 Å². The Labute approximate surface area is 222 Å². The van der Waals surface area contributed by atoms with E-state index in [1.807, 2.05) is 24.3 Å². The van der Waals surface area contributed by atoms with E-state index in [9.17, 15) is 14.0 Å². The third-order valence-corrected chi connectivity index (χ3v) is 7.67. The largest absolute Gasteiger partial charge is 0.465 e. The van der Waals surface area contributed by atoms with Crippen LogP contribution in [-0.2, 0) is 28.9 Å². The molecule has 0 saturated carbocycles. The van der Waals surface area contributed by atoms with Gasteiger partial charge in [0.05, 0.1) is 37.7 Å². The van der Waals surface area contributed by atoms with Gasteiger partial charge in [0, 0.05) is 18.0 Å². The maximum absolute atomic E-state index is 14.3. The zero-order valence-electron chi connectivity index (χ0n) is 22.1. The average molecular weight is 515 g/mol. The Kier molecular flexibility index (Phi) is 7.02. The summed E-state index contributed by atoms with van der Waals surface area (Å²) in [6, 6.07) is 17.0. The van der Waals surface area contributed by atoms with Gasteiger partial charge < -0.3 is 14.4 Å². The first-order valence-electron chi connectivity index (χ1n) is 12.8. The molecule has 38 heavy (non-hydrogen) atoms. The van der Waals surface area contributed by atoms with E-state index in [4.69, 9.17) is 14.5 Å². The number of carbonyl (C=O) groups excluding carboxylic acids is 2. The minimum absolute atomic E-state index is 0.0443. The van der Waals surface area contributed by atoms with Crippen LogP contribution in [0.25, 0.3) is 0 Å². The van der Waals surface area contributed by atoms with Gasteiger partial charge in [0.1, 0.15) is 5.82 Å². The number of fused-ring (bicyclic) bond motifs is 3. The third-order valence-electron chi connectivity index (χ3n) is 7.67. The van der Waals surface area contributed by atoms with Gasteiger partial charge in [0.25, 0.3) is 0 Å². The molecule has 2 aliphatic rings. The van der Waals surface area contributed by atoms with Crippen molar-refractivity contribution in [1.82, 2.24) is 4.90 Å². The molecule has 0 fully saturated rings. The number of carbonyl (C=O) groups is 2. The highest BCUT2D eigenvalue weighted by Crippen LogP contribution is 2.46. The molecule has 2 atom stereocenters. The van der Waals surface area contributed by atoms with Gasteiger partial charge in [-0.1, -0.05) is 43.3 Å². The zero-order chi connectivity index (χ0) is 27.0. The first-order valence-corrected chi connectivity index (χ1v) is 12.8. The summed E-state index contributed by atoms with van der Waals surface area (Å²) in [6.07, 6.45) is 1.06. The van der Waals surface area contributed by atoms with Crippen LogP contribution >= 0.6 is 0 Å². The summed E-state index contributed by atoms with van der Waals surface area (Å²) in [4.78, 5) is 31.2. The molecule has 0 N–H and O–H groups in total. The van der Waals surface area contributed by atoms with Crippen LogP contribution in [0, 0.1) is 18.7 Å². The molecular weight excluding hydrogens is 483 g/mol. The lowest BCUT2D eigenvalue weighted by atomic mass is 9.78. The summed E-state index contributed by atoms with van der Waals surface area (Å²) in [5, 5.41) is 0. The molecule has 6 nitrogen and oxygen atoms in total. The van der Waals surface area contributed by atoms with E-state index in [0.29, 0.717) is 30.6 Å². The molecule has 7 heteroatoms. The quantitative estimate of drug-likeness (QED) is 0.384. The normalized spacial score (nSPS) is 16.8. The maximum atomic E-state index is 14.3. The second kappa shape index (κ2) is 10.4. The van der Waals surface area contributed by atoms with Crippen LogP contribution in [0.5, 0.6) is 0 Å². The fourth-order valence-electron chi connectivity index (χ4n) is 5.61. The molecule has 5 rings (SSSR count). The molecule has 2 heterocycles. The first kappa shape index (κ1) is 25.6. The van der Waals surface area contributed by atoms with Crippen molar-refractivity contribution < 1.29 is 23.5 Å². The van der Waals surface area contributed by atoms with Crippen molar-refractivity contribution in [2.45, 2.75) is 39.2 Å². The van der Waals surface area contributed by atoms with Crippen LogP contribution in [0.1, 0.15) is 56.6 Å². The Morgan fingerprint density at radius 3 is 2.53 bits per heavy atom. The van der Waals surface area contributed by atoms with Crippen molar-refractivity contribution in [3.63, 3.8) is 0 Å². The number of amides is 1. The molecule has 0 bridgehead atoms. The molecule has 0 aliphatic carbocycles. The Balaban J connectivity index is 1.56. The minimum Gasteiger partial charge on any atom is -0.465 e. The predicted molar refractivity (Wildman–Crippen MR) is 144 cm³/mol. The maximum Gasteiger partial charge on any atom is 0.409 e. The molecule has 2 unspecified atom stereocenters. The molecule has 2 aliphatic heterocycles. The molecule has 1 amide bonds. The van der Waals surface area contributed by atoms with E-state index in [-0.39, 0.29) is 23.7 Å². The van der Waals surface area contributed by atoms with Crippen molar-refractivity contribution in [1.29, 1.82) is 0 Å². The van der Waals surface area contributed by atoms with Crippen molar-refractivity contribution in [3.8, 4) is 0 Å². The first-order chi connectivity index (χ1) is 18.3. The second-order valence-corrected chi connectivity index (χ2v) is 10.1. The highest BCUT2D eigenvalue weighted by Gasteiger charge is 2.36. The molecule has 3 aromatic carbocycles. The summed E-state index contributed by atoms with van der Waals surface area (Å²) in [6.45, 7) is 4.96. The molecule has 3 aromatic rings. The molecule has 0 saturated heterocycles. The Hall–Kier alpha value is -4.00. The highest BCUT2D eigenvalue weighted by molar-refractivity contribution is 6.10. The van der Waals surface area contributed by atoms with E-state index in [1.165, 1.54) is 19.8 Å². The standard InChI is InChI=1S/C31H31FN2O4/c1-18-5-6-20(16-26(18)32)15-19(2)27-24-12-11-21-13-14-34(31(36)38-4)17-25(21)29(24)33-28(27)22-7-9-23(10-8-22)30(35)37-3/h5-12,16,19,27H,13-15,17H2,1-4H3. The number of hydrogen-bond donors (Lipinski definition) is 0. The summed E-state index contributed by atoms with van der Waals surface area (Å²) in [5.74, 6) is -0.532. The lowest BCUT2D eigenvalue weighted by Crippen LogP contribution is -2.35. The van der Waals surface area contributed by atoms with Gasteiger partial charge in [-0.15, -0.1) is 0 Å². The molecule has 0 spiro atoms. The van der Waals surface area contributed by atoms with Gasteiger partial charge in [-0.3, -0.25) is 4.99 Å². The van der Waals surface area contributed by atoms with Crippen LogP contribution in [0.2, 0.25) is 0 Å². The van der Waals surface area contributed by atoms with E-state index >= 15 is 0 Å². The van der Waals surface area contributed by atoms with Gasteiger partial charge >= 0.3 is 12.1 Å². The van der Waals surface area contributed by atoms with E-state index in [2.05, 4.69) is 19.1 Å². The van der Waals surface area contributed by atoms with Crippen LogP contribution in [0.3, 0.4) is 0 Å². The molecule has 0 radical (unpaired) electrons. The highest BCUT2D eigenvalue weighted by atomic mass is 19.1. The van der Waals surface area contributed by atoms with Crippen LogP contribution < -0.4 is 0 Å². The lowest BCUT2D eigenvalue weighted by Gasteiger charge is -2.29. The monoisotopic (exact) mass is 514 g/mol. The van der Waals surface area contributed by atoms with E-state index < -0.39 is 5.97 Å². The summed E-state index contributed by atoms with van der Waals surface area (Å²) in [5.41, 5.74) is 8.07. The molecule has 196 valence electrons. The van der Waals surface area contributed by atoms with Crippen molar-refractivity contribution in [3.05, 3.63) is 99.4 Å². The van der Waals surface area contributed by atoms with Crippen LogP contribution in [0.15, 0.2) is 59.6 Å². The minimum atomic E-state index is -0.392. The predicted octanol–water partition coefficient (Wildman–Crippen LogP) is 6.14. The van der Waals surface area contributed by atoms with E-state index in [1.54, 1.807) is 30.0 Å². The van der Waals surface area contributed by atoms with Gasteiger partial charge in [-0.2, -0.15) is 0 Å².